The van der Waals surface area contributed by atoms with E-state index < -0.39 is 0 Å². The second-order valence-electron chi connectivity index (χ2n) is 6.77. The Morgan fingerprint density at radius 1 is 0.630 bits per heavy atom. The molecule has 0 aliphatic carbocycles. The van der Waals surface area contributed by atoms with Gasteiger partial charge in [-0.25, -0.2) is 0 Å². The van der Waals surface area contributed by atoms with Gasteiger partial charge in [-0.1, -0.05) is 54.6 Å². The van der Waals surface area contributed by atoms with Crippen LogP contribution in [0.1, 0.15) is 0 Å². The largest absolute Gasteiger partial charge is 0.455 e. The van der Waals surface area contributed by atoms with Crippen LogP contribution in [0.25, 0.3) is 49.4 Å². The van der Waals surface area contributed by atoms with E-state index in [2.05, 4.69) is 100.0 Å². The maximum atomic E-state index is 6.11. The predicted molar refractivity (Wildman–Crippen MR) is 121 cm³/mol. The van der Waals surface area contributed by atoms with Gasteiger partial charge in [0.15, 0.2) is 0 Å². The minimum Gasteiger partial charge on any atom is -0.455 e. The maximum absolute atomic E-state index is 6.11. The van der Waals surface area contributed by atoms with Gasteiger partial charge in [0.05, 0.1) is 14.6 Å². The molecule has 0 spiro atoms. The summed E-state index contributed by atoms with van der Waals surface area (Å²) in [4.78, 5) is 0. The second kappa shape index (κ2) is 5.60. The minimum atomic E-state index is 0.935. The van der Waals surface area contributed by atoms with Crippen LogP contribution in [0.3, 0.4) is 0 Å². The van der Waals surface area contributed by atoms with Crippen LogP contribution < -0.4 is 0 Å². The Bertz CT molecular complexity index is 1440. The van der Waals surface area contributed by atoms with Crippen LogP contribution in [0.2, 0.25) is 0 Å². The Morgan fingerprint density at radius 3 is 1.93 bits per heavy atom. The highest BCUT2D eigenvalue weighted by Gasteiger charge is 2.15. The fraction of sp³-hybridized carbons (Fsp3) is 0. The fourth-order valence-electron chi connectivity index (χ4n) is 4.10. The summed E-state index contributed by atoms with van der Waals surface area (Å²) in [6.45, 7) is 0. The Balaban J connectivity index is 1.79. The molecule has 0 unspecified atom stereocenters. The monoisotopic (exact) mass is 459 g/mol. The fourth-order valence-corrected chi connectivity index (χ4v) is 4.82. The number of hydrogen-bond acceptors (Lipinski definition) is 1. The van der Waals surface area contributed by atoms with E-state index in [-0.39, 0.29) is 0 Å². The van der Waals surface area contributed by atoms with Crippen molar-refractivity contribution in [2.45, 2.75) is 0 Å². The minimum absolute atomic E-state index is 0.935. The van der Waals surface area contributed by atoms with E-state index >= 15 is 0 Å². The summed E-state index contributed by atoms with van der Waals surface area (Å²) in [5.74, 6) is 0. The second-order valence-corrected chi connectivity index (χ2v) is 7.93. The molecule has 0 amide bonds. The first-order valence-electron chi connectivity index (χ1n) is 8.90. The van der Waals surface area contributed by atoms with Crippen LogP contribution >= 0.6 is 22.6 Å². The molecule has 2 nitrogen and oxygen atoms in total. The quantitative estimate of drug-likeness (QED) is 0.236. The average molecular weight is 459 g/mol. The highest BCUT2D eigenvalue weighted by Crippen LogP contribution is 2.37. The van der Waals surface area contributed by atoms with Gasteiger partial charge >= 0.3 is 0 Å². The van der Waals surface area contributed by atoms with Crippen molar-refractivity contribution in [2.75, 3.05) is 0 Å². The van der Waals surface area contributed by atoms with Crippen LogP contribution in [0.4, 0.5) is 0 Å². The van der Waals surface area contributed by atoms with E-state index in [4.69, 9.17) is 4.42 Å². The molecule has 27 heavy (non-hydrogen) atoms. The summed E-state index contributed by atoms with van der Waals surface area (Å²) >= 11 is 2.38. The molecule has 0 N–H and O–H groups in total. The first kappa shape index (κ1) is 15.3. The number of rotatable bonds is 1. The molecule has 6 rings (SSSR count). The maximum Gasteiger partial charge on any atom is 0.148 e. The van der Waals surface area contributed by atoms with Gasteiger partial charge in [0, 0.05) is 27.2 Å². The number of para-hydroxylation sites is 3. The number of halogens is 1. The summed E-state index contributed by atoms with van der Waals surface area (Å²) in [6, 6.07) is 29.9. The molecule has 0 saturated heterocycles. The highest BCUT2D eigenvalue weighted by atomic mass is 127. The van der Waals surface area contributed by atoms with Crippen LogP contribution in [-0.2, 0) is 0 Å². The first-order chi connectivity index (χ1) is 13.3. The van der Waals surface area contributed by atoms with E-state index in [1.807, 2.05) is 12.1 Å². The van der Waals surface area contributed by atoms with Crippen LogP contribution in [0, 0.1) is 3.57 Å². The normalized spacial score (nSPS) is 11.9. The van der Waals surface area contributed by atoms with Crippen LogP contribution in [0.15, 0.2) is 89.3 Å². The Hall–Kier alpha value is -2.79. The van der Waals surface area contributed by atoms with E-state index in [9.17, 15) is 0 Å². The zero-order valence-electron chi connectivity index (χ0n) is 14.3. The molecular formula is C24H14INO. The van der Waals surface area contributed by atoms with Gasteiger partial charge in [0.2, 0.25) is 0 Å². The van der Waals surface area contributed by atoms with Gasteiger partial charge in [-0.05, 0) is 52.9 Å². The predicted octanol–water partition coefficient (Wildman–Crippen LogP) is 7.29. The van der Waals surface area contributed by atoms with Crippen molar-refractivity contribution in [1.29, 1.82) is 0 Å². The van der Waals surface area contributed by atoms with E-state index in [1.165, 1.54) is 21.8 Å². The summed E-state index contributed by atoms with van der Waals surface area (Å²) in [5, 5.41) is 4.88. The zero-order chi connectivity index (χ0) is 18.0. The molecular weight excluding hydrogens is 445 g/mol. The Kier molecular flexibility index (Phi) is 3.17. The highest BCUT2D eigenvalue weighted by molar-refractivity contribution is 14.1. The summed E-state index contributed by atoms with van der Waals surface area (Å²) in [6.07, 6.45) is 0. The smallest absolute Gasteiger partial charge is 0.148 e. The molecule has 0 aliphatic heterocycles. The van der Waals surface area contributed by atoms with Crippen molar-refractivity contribution in [3.8, 4) is 5.69 Å². The summed E-state index contributed by atoms with van der Waals surface area (Å²) in [5.41, 5.74) is 5.50. The number of fused-ring (bicyclic) bond motifs is 6. The lowest BCUT2D eigenvalue weighted by molar-refractivity contribution is 0.666. The zero-order valence-corrected chi connectivity index (χ0v) is 16.5. The molecule has 0 atom stereocenters. The summed E-state index contributed by atoms with van der Waals surface area (Å²) in [7, 11) is 0. The molecule has 0 radical (unpaired) electrons. The third-order valence-corrected chi connectivity index (χ3v) is 6.06. The number of benzene rings is 4. The average Bonchev–Trinajstić information content (AvgIpc) is 3.24. The SMILES string of the molecule is Ic1cc(-n2c3ccccc3c3ccccc32)cc2c1oc1ccccc12. The van der Waals surface area contributed by atoms with E-state index in [0.29, 0.717) is 0 Å². The Labute approximate surface area is 169 Å². The lowest BCUT2D eigenvalue weighted by atomic mass is 10.1. The van der Waals surface area contributed by atoms with Crippen molar-refractivity contribution >= 4 is 66.3 Å². The van der Waals surface area contributed by atoms with Gasteiger partial charge in [0.1, 0.15) is 11.2 Å². The third-order valence-electron chi connectivity index (χ3n) is 5.26. The Morgan fingerprint density at radius 2 is 1.22 bits per heavy atom. The summed E-state index contributed by atoms with van der Waals surface area (Å²) < 4.78 is 9.59. The molecule has 0 fully saturated rings. The number of hydrogen-bond donors (Lipinski definition) is 0. The lowest BCUT2D eigenvalue weighted by Crippen LogP contribution is -1.94. The number of furan rings is 1. The molecule has 3 heteroatoms. The standard InChI is InChI=1S/C24H14INO/c25-20-14-15(13-19-18-9-3-6-12-23(18)27-24(19)20)26-21-10-4-1-7-16(21)17-8-2-5-11-22(17)26/h1-14H. The molecule has 2 aromatic heterocycles. The van der Waals surface area contributed by atoms with Crippen molar-refractivity contribution in [3.05, 3.63) is 88.5 Å². The number of aromatic nitrogens is 1. The van der Waals surface area contributed by atoms with Crippen LogP contribution in [0.5, 0.6) is 0 Å². The van der Waals surface area contributed by atoms with Crippen molar-refractivity contribution in [3.63, 3.8) is 0 Å². The molecule has 128 valence electrons. The van der Waals surface area contributed by atoms with E-state index in [0.717, 1.165) is 31.2 Å². The van der Waals surface area contributed by atoms with Gasteiger partial charge in [-0.15, -0.1) is 0 Å². The third kappa shape index (κ3) is 2.12. The van der Waals surface area contributed by atoms with Crippen molar-refractivity contribution < 1.29 is 4.42 Å². The van der Waals surface area contributed by atoms with Gasteiger partial charge in [0.25, 0.3) is 0 Å². The number of nitrogens with zero attached hydrogens (tertiary/aromatic N) is 1. The molecule has 0 aliphatic rings. The lowest BCUT2D eigenvalue weighted by Gasteiger charge is -2.09. The van der Waals surface area contributed by atoms with Gasteiger partial charge < -0.3 is 8.98 Å². The van der Waals surface area contributed by atoms with Gasteiger partial charge in [-0.3, -0.25) is 0 Å². The van der Waals surface area contributed by atoms with Gasteiger partial charge in [-0.2, -0.15) is 0 Å². The molecule has 6 aromatic rings. The molecule has 4 aromatic carbocycles. The molecule has 2 heterocycles. The first-order valence-corrected chi connectivity index (χ1v) is 9.98. The van der Waals surface area contributed by atoms with Crippen LogP contribution in [-0.4, -0.2) is 4.57 Å². The van der Waals surface area contributed by atoms with Crippen molar-refractivity contribution in [2.24, 2.45) is 0 Å². The molecule has 0 saturated carbocycles. The van der Waals surface area contributed by atoms with Crippen molar-refractivity contribution in [1.82, 2.24) is 4.57 Å². The molecule has 0 bridgehead atoms. The van der Waals surface area contributed by atoms with E-state index in [1.54, 1.807) is 0 Å². The topological polar surface area (TPSA) is 18.1 Å².